The third kappa shape index (κ3) is 3.24. The van der Waals surface area contributed by atoms with E-state index in [0.29, 0.717) is 0 Å². The van der Waals surface area contributed by atoms with Crippen LogP contribution in [-0.4, -0.2) is 12.1 Å². The van der Waals surface area contributed by atoms with Crippen LogP contribution in [0, 0.1) is 17.8 Å². The van der Waals surface area contributed by atoms with Gasteiger partial charge in [-0.3, -0.25) is 0 Å². The van der Waals surface area contributed by atoms with Crippen molar-refractivity contribution in [3.8, 4) is 0 Å². The third-order valence-corrected chi connectivity index (χ3v) is 5.33. The zero-order valence-corrected chi connectivity index (χ0v) is 12.0. The topological polar surface area (TPSA) is 12.0 Å². The largest absolute Gasteiger partial charge is 0.311 e. The van der Waals surface area contributed by atoms with Gasteiger partial charge in [0.2, 0.25) is 0 Å². The lowest BCUT2D eigenvalue weighted by molar-refractivity contribution is 0.238. The lowest BCUT2D eigenvalue weighted by atomic mass is 9.83. The van der Waals surface area contributed by atoms with Gasteiger partial charge in [-0.05, 0) is 56.8 Å². The average Bonchev–Trinajstić information content (AvgIpc) is 2.96. The van der Waals surface area contributed by atoms with Gasteiger partial charge in [-0.2, -0.15) is 0 Å². The number of hydrogen-bond acceptors (Lipinski definition) is 1. The van der Waals surface area contributed by atoms with Crippen molar-refractivity contribution in [1.29, 1.82) is 0 Å². The van der Waals surface area contributed by atoms with Crippen LogP contribution in [0.2, 0.25) is 0 Å². The first kappa shape index (κ1) is 13.4. The van der Waals surface area contributed by atoms with Crippen molar-refractivity contribution in [2.45, 2.75) is 84.2 Å². The molecule has 0 radical (unpaired) electrons. The summed E-state index contributed by atoms with van der Waals surface area (Å²) in [5.41, 5.74) is 0. The Kier molecular flexibility index (Phi) is 4.90. The fourth-order valence-corrected chi connectivity index (χ4v) is 4.26. The van der Waals surface area contributed by atoms with E-state index in [4.69, 9.17) is 0 Å². The van der Waals surface area contributed by atoms with Gasteiger partial charge in [-0.25, -0.2) is 0 Å². The summed E-state index contributed by atoms with van der Waals surface area (Å²) in [6, 6.07) is 1.52. The van der Waals surface area contributed by atoms with Crippen LogP contribution in [0.25, 0.3) is 0 Å². The summed E-state index contributed by atoms with van der Waals surface area (Å²) >= 11 is 0. The molecule has 2 aliphatic rings. The third-order valence-electron chi connectivity index (χ3n) is 5.33. The van der Waals surface area contributed by atoms with E-state index in [1.54, 1.807) is 6.42 Å². The normalized spacial score (nSPS) is 35.1. The molecule has 1 heteroatoms. The molecule has 0 aromatic carbocycles. The van der Waals surface area contributed by atoms with Gasteiger partial charge in [0, 0.05) is 12.1 Å². The van der Waals surface area contributed by atoms with Gasteiger partial charge < -0.3 is 5.32 Å². The van der Waals surface area contributed by atoms with Crippen molar-refractivity contribution >= 4 is 0 Å². The summed E-state index contributed by atoms with van der Waals surface area (Å²) in [6.45, 7) is 7.08. The molecule has 2 rings (SSSR count). The molecule has 0 aromatic rings. The van der Waals surface area contributed by atoms with E-state index in [-0.39, 0.29) is 0 Å². The smallest absolute Gasteiger partial charge is 0.00723 e. The lowest BCUT2D eigenvalue weighted by Crippen LogP contribution is -2.42. The first-order chi connectivity index (χ1) is 8.24. The molecule has 0 spiro atoms. The van der Waals surface area contributed by atoms with Gasteiger partial charge in [-0.1, -0.05) is 33.1 Å². The Morgan fingerprint density at radius 1 is 1.18 bits per heavy atom. The Balaban J connectivity index is 1.77. The van der Waals surface area contributed by atoms with Crippen LogP contribution in [0.5, 0.6) is 0 Å². The van der Waals surface area contributed by atoms with E-state index >= 15 is 0 Å². The van der Waals surface area contributed by atoms with Gasteiger partial charge in [0.15, 0.2) is 0 Å². The minimum Gasteiger partial charge on any atom is -0.311 e. The molecular formula is C16H31N. The summed E-state index contributed by atoms with van der Waals surface area (Å²) in [6.07, 6.45) is 11.5. The highest BCUT2D eigenvalue weighted by atomic mass is 15.0. The van der Waals surface area contributed by atoms with Gasteiger partial charge >= 0.3 is 0 Å². The Hall–Kier alpha value is -0.0400. The van der Waals surface area contributed by atoms with Gasteiger partial charge in [0.25, 0.3) is 0 Å². The summed E-state index contributed by atoms with van der Waals surface area (Å²) in [5.74, 6) is 3.14. The predicted octanol–water partition coefficient (Wildman–Crippen LogP) is 4.37. The molecular weight excluding hydrogens is 206 g/mol. The number of hydrogen-bond donors (Lipinski definition) is 1. The highest BCUT2D eigenvalue weighted by Crippen LogP contribution is 2.49. The summed E-state index contributed by atoms with van der Waals surface area (Å²) in [4.78, 5) is 0. The molecule has 100 valence electrons. The minimum absolute atomic E-state index is 0.757. The molecule has 2 fully saturated rings. The molecule has 5 unspecified atom stereocenters. The Bertz CT molecular complexity index is 226. The maximum absolute atomic E-state index is 3.93. The highest BCUT2D eigenvalue weighted by Gasteiger charge is 2.41. The van der Waals surface area contributed by atoms with Crippen LogP contribution < -0.4 is 5.32 Å². The molecule has 2 bridgehead atoms. The molecule has 0 heterocycles. The Labute approximate surface area is 108 Å². The van der Waals surface area contributed by atoms with Crippen molar-refractivity contribution in [3.63, 3.8) is 0 Å². The predicted molar refractivity (Wildman–Crippen MR) is 75.1 cm³/mol. The van der Waals surface area contributed by atoms with E-state index in [1.807, 2.05) is 0 Å². The molecule has 2 saturated carbocycles. The van der Waals surface area contributed by atoms with Crippen LogP contribution >= 0.6 is 0 Å². The molecule has 0 aliphatic heterocycles. The Morgan fingerprint density at radius 3 is 2.53 bits per heavy atom. The van der Waals surface area contributed by atoms with Crippen LogP contribution in [0.1, 0.15) is 72.1 Å². The lowest BCUT2D eigenvalue weighted by Gasteiger charge is -2.32. The van der Waals surface area contributed by atoms with Crippen molar-refractivity contribution in [2.24, 2.45) is 17.8 Å². The first-order valence-electron chi connectivity index (χ1n) is 8.00. The second-order valence-corrected chi connectivity index (χ2v) is 6.54. The molecule has 1 N–H and O–H groups in total. The maximum atomic E-state index is 3.93. The fraction of sp³-hybridized carbons (Fsp3) is 1.00. The standard InChI is InChI=1S/C16H31N/c1-4-6-7-15(5-2)17-12(3)16-11-13-8-9-14(16)10-13/h12-17H,4-11H2,1-3H3. The van der Waals surface area contributed by atoms with Crippen molar-refractivity contribution in [2.75, 3.05) is 0 Å². The molecule has 17 heavy (non-hydrogen) atoms. The quantitative estimate of drug-likeness (QED) is 0.693. The second kappa shape index (κ2) is 6.22. The number of unbranched alkanes of at least 4 members (excludes halogenated alkanes) is 1. The Morgan fingerprint density at radius 2 is 2.00 bits per heavy atom. The molecule has 0 aromatic heterocycles. The average molecular weight is 237 g/mol. The maximum Gasteiger partial charge on any atom is 0.00723 e. The first-order valence-corrected chi connectivity index (χ1v) is 8.00. The van der Waals surface area contributed by atoms with Crippen LogP contribution in [0.3, 0.4) is 0 Å². The monoisotopic (exact) mass is 237 g/mol. The van der Waals surface area contributed by atoms with E-state index in [1.165, 1.54) is 44.9 Å². The second-order valence-electron chi connectivity index (χ2n) is 6.54. The number of fused-ring (bicyclic) bond motifs is 2. The van der Waals surface area contributed by atoms with Crippen molar-refractivity contribution < 1.29 is 0 Å². The van der Waals surface area contributed by atoms with Crippen LogP contribution in [-0.2, 0) is 0 Å². The van der Waals surface area contributed by atoms with Gasteiger partial charge in [0.1, 0.15) is 0 Å². The van der Waals surface area contributed by atoms with Crippen molar-refractivity contribution in [3.05, 3.63) is 0 Å². The summed E-state index contributed by atoms with van der Waals surface area (Å²) in [7, 11) is 0. The van der Waals surface area contributed by atoms with Gasteiger partial charge in [-0.15, -0.1) is 0 Å². The summed E-state index contributed by atoms with van der Waals surface area (Å²) in [5, 5.41) is 3.93. The summed E-state index contributed by atoms with van der Waals surface area (Å²) < 4.78 is 0. The zero-order chi connectivity index (χ0) is 12.3. The molecule has 0 saturated heterocycles. The van der Waals surface area contributed by atoms with Crippen LogP contribution in [0.4, 0.5) is 0 Å². The van der Waals surface area contributed by atoms with E-state index in [9.17, 15) is 0 Å². The molecule has 0 amide bonds. The highest BCUT2D eigenvalue weighted by molar-refractivity contribution is 4.94. The van der Waals surface area contributed by atoms with Gasteiger partial charge in [0.05, 0.1) is 0 Å². The number of nitrogens with one attached hydrogen (secondary N) is 1. The van der Waals surface area contributed by atoms with E-state index < -0.39 is 0 Å². The molecule has 2 aliphatic carbocycles. The van der Waals surface area contributed by atoms with E-state index in [0.717, 1.165) is 29.8 Å². The zero-order valence-electron chi connectivity index (χ0n) is 12.0. The van der Waals surface area contributed by atoms with E-state index in [2.05, 4.69) is 26.1 Å². The van der Waals surface area contributed by atoms with Crippen LogP contribution in [0.15, 0.2) is 0 Å². The molecule has 1 nitrogen and oxygen atoms in total. The molecule has 5 atom stereocenters. The SMILES string of the molecule is CCCCC(CC)NC(C)C1CC2CCC1C2. The number of rotatable bonds is 7. The minimum atomic E-state index is 0.757. The fourth-order valence-electron chi connectivity index (χ4n) is 4.26. The van der Waals surface area contributed by atoms with Crippen molar-refractivity contribution in [1.82, 2.24) is 5.32 Å².